The Morgan fingerprint density at radius 3 is 2.27 bits per heavy atom. The van der Waals surface area contributed by atoms with Crippen LogP contribution < -0.4 is 4.90 Å². The number of amides is 2. The minimum Gasteiger partial charge on any atom is -0.451 e. The van der Waals surface area contributed by atoms with Gasteiger partial charge in [-0.2, -0.15) is 0 Å². The van der Waals surface area contributed by atoms with Crippen molar-refractivity contribution in [1.29, 1.82) is 0 Å². The van der Waals surface area contributed by atoms with Gasteiger partial charge in [0.25, 0.3) is 0 Å². The molecular formula is C31H29NO5. The Bertz CT molecular complexity index is 1350. The number of hydrogen-bond acceptors (Lipinski definition) is 5. The van der Waals surface area contributed by atoms with E-state index < -0.39 is 12.1 Å². The highest BCUT2D eigenvalue weighted by atomic mass is 16.5. The van der Waals surface area contributed by atoms with Crippen molar-refractivity contribution in [3.05, 3.63) is 101 Å². The normalized spacial score (nSPS) is 21.9. The third-order valence-electron chi connectivity index (χ3n) is 7.53. The Morgan fingerprint density at radius 2 is 1.54 bits per heavy atom. The zero-order valence-corrected chi connectivity index (χ0v) is 20.9. The minimum absolute atomic E-state index is 0.179. The summed E-state index contributed by atoms with van der Waals surface area (Å²) in [6, 6.07) is 23.5. The summed E-state index contributed by atoms with van der Waals surface area (Å²) in [6.07, 6.45) is 1.17. The van der Waals surface area contributed by atoms with Gasteiger partial charge >= 0.3 is 5.97 Å². The first-order valence-corrected chi connectivity index (χ1v) is 12.7. The van der Waals surface area contributed by atoms with Gasteiger partial charge < -0.3 is 4.74 Å². The number of fused-ring (bicyclic) bond motifs is 1. The molecule has 2 fully saturated rings. The van der Waals surface area contributed by atoms with Gasteiger partial charge in [-0.1, -0.05) is 66.2 Å². The summed E-state index contributed by atoms with van der Waals surface area (Å²) in [6.45, 7) is 3.46. The number of anilines is 1. The largest absolute Gasteiger partial charge is 0.451 e. The molecule has 1 aliphatic heterocycles. The Kier molecular flexibility index (Phi) is 6.74. The van der Waals surface area contributed by atoms with E-state index in [1.54, 1.807) is 30.3 Å². The highest BCUT2D eigenvalue weighted by Crippen LogP contribution is 2.45. The number of Topliss-reactive ketones (excluding diaryl/α,β-unsaturated/α-hetero) is 1. The maximum atomic E-state index is 13.4. The number of esters is 1. The maximum Gasteiger partial charge on any atom is 0.338 e. The van der Waals surface area contributed by atoms with Crippen LogP contribution in [0.4, 0.5) is 5.69 Å². The lowest BCUT2D eigenvalue weighted by Gasteiger charge is -2.28. The number of ketones is 1. The van der Waals surface area contributed by atoms with E-state index in [9.17, 15) is 19.2 Å². The van der Waals surface area contributed by atoms with Gasteiger partial charge in [-0.05, 0) is 62.8 Å². The van der Waals surface area contributed by atoms with Gasteiger partial charge in [0.1, 0.15) is 0 Å². The first-order valence-electron chi connectivity index (χ1n) is 12.7. The number of rotatable bonds is 6. The number of aryl methyl sites for hydroxylation is 1. The Labute approximate surface area is 216 Å². The molecule has 0 aromatic heterocycles. The zero-order chi connectivity index (χ0) is 26.1. The van der Waals surface area contributed by atoms with E-state index in [4.69, 9.17) is 4.74 Å². The number of benzene rings is 3. The van der Waals surface area contributed by atoms with Crippen molar-refractivity contribution in [2.45, 2.75) is 45.1 Å². The molecule has 1 saturated heterocycles. The summed E-state index contributed by atoms with van der Waals surface area (Å²) < 4.78 is 5.43. The predicted octanol–water partition coefficient (Wildman–Crippen LogP) is 5.50. The van der Waals surface area contributed by atoms with Crippen LogP contribution in [0.1, 0.15) is 63.9 Å². The number of carbonyl (C=O) groups excluding carboxylic acids is 4. The Balaban J connectivity index is 1.30. The van der Waals surface area contributed by atoms with E-state index in [0.717, 1.165) is 12.0 Å². The molecule has 1 saturated carbocycles. The van der Waals surface area contributed by atoms with E-state index in [0.29, 0.717) is 24.1 Å². The van der Waals surface area contributed by atoms with Crippen molar-refractivity contribution in [1.82, 2.24) is 0 Å². The highest BCUT2D eigenvalue weighted by Gasteiger charge is 2.50. The molecular weight excluding hydrogens is 466 g/mol. The molecule has 6 heteroatoms. The summed E-state index contributed by atoms with van der Waals surface area (Å²) in [5.74, 6) is -1.88. The van der Waals surface area contributed by atoms with E-state index in [-0.39, 0.29) is 40.9 Å². The zero-order valence-electron chi connectivity index (χ0n) is 20.9. The first-order chi connectivity index (χ1) is 17.8. The fraction of sp³-hybridized carbons (Fsp3) is 0.290. The molecule has 2 aliphatic rings. The monoisotopic (exact) mass is 495 g/mol. The van der Waals surface area contributed by atoms with Gasteiger partial charge in [-0.15, -0.1) is 0 Å². The number of carbonyl (C=O) groups is 4. The summed E-state index contributed by atoms with van der Waals surface area (Å²) in [4.78, 5) is 53.4. The van der Waals surface area contributed by atoms with Crippen LogP contribution in [0.15, 0.2) is 78.9 Å². The van der Waals surface area contributed by atoms with Crippen molar-refractivity contribution in [3.63, 3.8) is 0 Å². The van der Waals surface area contributed by atoms with Crippen LogP contribution >= 0.6 is 0 Å². The Hall–Kier alpha value is -4.06. The highest BCUT2D eigenvalue weighted by molar-refractivity contribution is 6.22. The minimum atomic E-state index is -0.980. The molecule has 2 amide bonds. The second kappa shape index (κ2) is 10.1. The molecule has 3 aromatic rings. The first kappa shape index (κ1) is 24.6. The van der Waals surface area contributed by atoms with Crippen LogP contribution in [-0.4, -0.2) is 29.7 Å². The molecule has 0 radical (unpaired) electrons. The third-order valence-corrected chi connectivity index (χ3v) is 7.53. The van der Waals surface area contributed by atoms with Crippen LogP contribution in [0.2, 0.25) is 0 Å². The van der Waals surface area contributed by atoms with Crippen molar-refractivity contribution in [3.8, 4) is 0 Å². The summed E-state index contributed by atoms with van der Waals surface area (Å²) in [5, 5.41) is 0. The van der Waals surface area contributed by atoms with Gasteiger partial charge in [-0.3, -0.25) is 19.3 Å². The van der Waals surface area contributed by atoms with Crippen molar-refractivity contribution in [2.24, 2.45) is 11.8 Å². The van der Waals surface area contributed by atoms with Gasteiger partial charge in [0, 0.05) is 5.56 Å². The fourth-order valence-corrected chi connectivity index (χ4v) is 5.47. The molecule has 1 aliphatic carbocycles. The second-order valence-corrected chi connectivity index (χ2v) is 9.97. The average molecular weight is 496 g/mol. The lowest BCUT2D eigenvalue weighted by molar-refractivity contribution is -0.122. The molecule has 0 unspecified atom stereocenters. The summed E-state index contributed by atoms with van der Waals surface area (Å²) in [7, 11) is 0. The van der Waals surface area contributed by atoms with Crippen LogP contribution in [0, 0.1) is 18.8 Å². The molecule has 4 atom stereocenters. The smallest absolute Gasteiger partial charge is 0.338 e. The van der Waals surface area contributed by atoms with E-state index >= 15 is 0 Å². The summed E-state index contributed by atoms with van der Waals surface area (Å²) >= 11 is 0. The molecule has 37 heavy (non-hydrogen) atoms. The van der Waals surface area contributed by atoms with Crippen molar-refractivity contribution >= 4 is 29.3 Å². The third kappa shape index (κ3) is 4.84. The number of hydrogen-bond donors (Lipinski definition) is 0. The molecule has 6 nitrogen and oxygen atoms in total. The van der Waals surface area contributed by atoms with Crippen LogP contribution in [-0.2, 0) is 14.3 Å². The SMILES string of the molecule is Cc1ccc(C(=O)[C@H](C)OC(=O)c2cccc(N3C(=O)[C@H]4CC[C@H](c5ccccc5)C[C@@H]4C3=O)c2)cc1. The topological polar surface area (TPSA) is 80.8 Å². The van der Waals surface area contributed by atoms with E-state index in [1.807, 2.05) is 37.3 Å². The van der Waals surface area contributed by atoms with Crippen LogP contribution in [0.3, 0.4) is 0 Å². The number of imide groups is 1. The van der Waals surface area contributed by atoms with Crippen LogP contribution in [0.25, 0.3) is 0 Å². The molecule has 3 aromatic carbocycles. The average Bonchev–Trinajstić information content (AvgIpc) is 3.18. The van der Waals surface area contributed by atoms with Crippen molar-refractivity contribution in [2.75, 3.05) is 4.90 Å². The maximum absolute atomic E-state index is 13.4. The summed E-state index contributed by atoms with van der Waals surface area (Å²) in [5.41, 5.74) is 3.22. The fourth-order valence-electron chi connectivity index (χ4n) is 5.47. The standard InChI is InChI=1S/C31H29NO5/c1-19-11-13-22(14-12-19)28(33)20(2)37-31(36)24-9-6-10-25(17-24)32-29(34)26-16-15-23(18-27(26)30(32)35)21-7-4-3-5-8-21/h3-14,17,20,23,26-27H,15-16,18H2,1-2H3/t20-,23-,26-,27-/m0/s1. The lowest BCUT2D eigenvalue weighted by Crippen LogP contribution is -2.31. The number of ether oxygens (including phenoxy) is 1. The van der Waals surface area contributed by atoms with Gasteiger partial charge in [-0.25, -0.2) is 4.79 Å². The van der Waals surface area contributed by atoms with Crippen LogP contribution in [0.5, 0.6) is 0 Å². The number of nitrogens with zero attached hydrogens (tertiary/aromatic N) is 1. The molecule has 0 bridgehead atoms. The molecule has 188 valence electrons. The van der Waals surface area contributed by atoms with E-state index in [2.05, 4.69) is 12.1 Å². The van der Waals surface area contributed by atoms with E-state index in [1.165, 1.54) is 23.5 Å². The molecule has 1 heterocycles. The van der Waals surface area contributed by atoms with Gasteiger partial charge in [0.05, 0.1) is 23.1 Å². The van der Waals surface area contributed by atoms with Gasteiger partial charge in [0.2, 0.25) is 17.6 Å². The molecule has 0 spiro atoms. The Morgan fingerprint density at radius 1 is 0.838 bits per heavy atom. The van der Waals surface area contributed by atoms with Gasteiger partial charge in [0.15, 0.2) is 6.10 Å². The molecule has 5 rings (SSSR count). The predicted molar refractivity (Wildman–Crippen MR) is 139 cm³/mol. The van der Waals surface area contributed by atoms with Crippen molar-refractivity contribution < 1.29 is 23.9 Å². The molecule has 0 N–H and O–H groups in total. The quantitative estimate of drug-likeness (QED) is 0.256. The lowest BCUT2D eigenvalue weighted by atomic mass is 9.73. The second-order valence-electron chi connectivity index (χ2n) is 9.97.